The van der Waals surface area contributed by atoms with E-state index in [0.29, 0.717) is 5.56 Å². The molecule has 0 saturated carbocycles. The Balaban J connectivity index is 2.13. The largest absolute Gasteiger partial charge is 0.481 e. The van der Waals surface area contributed by atoms with Gasteiger partial charge in [0.15, 0.2) is 0 Å². The van der Waals surface area contributed by atoms with Crippen LogP contribution in [-0.4, -0.2) is 69.5 Å². The Morgan fingerprint density at radius 1 is 1.00 bits per heavy atom. The van der Waals surface area contributed by atoms with E-state index < -0.39 is 54.2 Å². The van der Waals surface area contributed by atoms with Crippen LogP contribution in [0.3, 0.4) is 0 Å². The molecule has 8 N–H and O–H groups in total. The molecule has 0 bridgehead atoms. The topological polar surface area (TPSA) is 204 Å². The molecule has 0 aliphatic carbocycles. The van der Waals surface area contributed by atoms with Crippen molar-refractivity contribution < 1.29 is 34.2 Å². The van der Waals surface area contributed by atoms with Crippen LogP contribution in [0.25, 0.3) is 10.9 Å². The zero-order valence-corrected chi connectivity index (χ0v) is 18.0. The third kappa shape index (κ3) is 7.31. The number of fused-ring (bicyclic) bond motifs is 1. The van der Waals surface area contributed by atoms with Gasteiger partial charge < -0.3 is 36.9 Å². The summed E-state index contributed by atoms with van der Waals surface area (Å²) in [4.78, 5) is 62.4. The van der Waals surface area contributed by atoms with E-state index in [2.05, 4.69) is 20.9 Å². The van der Waals surface area contributed by atoms with Gasteiger partial charge in [-0.05, 0) is 25.0 Å². The maximum atomic E-state index is 12.8. The van der Waals surface area contributed by atoms with E-state index in [-0.39, 0.29) is 19.4 Å². The van der Waals surface area contributed by atoms with Crippen LogP contribution in [0.15, 0.2) is 30.5 Å². The number of para-hydroxylation sites is 1. The Bertz CT molecular complexity index is 1030. The third-order valence-electron chi connectivity index (χ3n) is 4.95. The van der Waals surface area contributed by atoms with Crippen molar-refractivity contribution >= 4 is 40.6 Å². The van der Waals surface area contributed by atoms with Crippen molar-refractivity contribution in [1.29, 1.82) is 0 Å². The Kier molecular flexibility index (Phi) is 8.92. The smallest absolute Gasteiger partial charge is 0.326 e. The molecule has 33 heavy (non-hydrogen) atoms. The summed E-state index contributed by atoms with van der Waals surface area (Å²) in [6.45, 7) is 1.03. The Hall–Kier alpha value is -3.93. The molecule has 3 amide bonds. The maximum Gasteiger partial charge on any atom is 0.326 e. The number of carbonyl (C=O) groups excluding carboxylic acids is 3. The average Bonchev–Trinajstić information content (AvgIpc) is 3.18. The molecule has 12 nitrogen and oxygen atoms in total. The fraction of sp³-hybridized carbons (Fsp3) is 0.381. The lowest BCUT2D eigenvalue weighted by Gasteiger charge is -2.23. The molecule has 12 heteroatoms. The lowest BCUT2D eigenvalue weighted by atomic mass is 10.0. The monoisotopic (exact) mass is 461 g/mol. The lowest BCUT2D eigenvalue weighted by Crippen LogP contribution is -2.55. The molecule has 0 fully saturated rings. The number of hydrogen-bond acceptors (Lipinski definition) is 6. The number of aliphatic carboxylic acids is 2. The third-order valence-corrected chi connectivity index (χ3v) is 4.95. The quantitative estimate of drug-likeness (QED) is 0.210. The molecule has 3 atom stereocenters. The van der Waals surface area contributed by atoms with Crippen molar-refractivity contribution in [3.63, 3.8) is 0 Å². The zero-order valence-electron chi connectivity index (χ0n) is 18.0. The molecule has 178 valence electrons. The van der Waals surface area contributed by atoms with Crippen LogP contribution in [-0.2, 0) is 30.4 Å². The molecule has 2 rings (SSSR count). The van der Waals surface area contributed by atoms with Crippen LogP contribution in [0.1, 0.15) is 25.3 Å². The summed E-state index contributed by atoms with van der Waals surface area (Å²) in [5.41, 5.74) is 6.67. The summed E-state index contributed by atoms with van der Waals surface area (Å²) in [5.74, 6) is -4.67. The Morgan fingerprint density at radius 3 is 2.30 bits per heavy atom. The van der Waals surface area contributed by atoms with Crippen molar-refractivity contribution in [2.45, 2.75) is 44.3 Å². The van der Waals surface area contributed by atoms with Crippen LogP contribution in [0.4, 0.5) is 0 Å². The van der Waals surface area contributed by atoms with Crippen LogP contribution < -0.4 is 21.7 Å². The van der Waals surface area contributed by atoms with Gasteiger partial charge in [0, 0.05) is 29.9 Å². The second kappa shape index (κ2) is 11.6. The fourth-order valence-electron chi connectivity index (χ4n) is 3.19. The molecule has 1 aromatic carbocycles. The predicted octanol–water partition coefficient (Wildman–Crippen LogP) is -0.907. The van der Waals surface area contributed by atoms with Gasteiger partial charge in [0.25, 0.3) is 0 Å². The number of carboxylic acids is 2. The molecule has 0 aliphatic rings. The minimum atomic E-state index is -1.32. The summed E-state index contributed by atoms with van der Waals surface area (Å²) >= 11 is 0. The van der Waals surface area contributed by atoms with Crippen LogP contribution in [0.2, 0.25) is 0 Å². The predicted molar refractivity (Wildman–Crippen MR) is 117 cm³/mol. The van der Waals surface area contributed by atoms with Gasteiger partial charge in [0.2, 0.25) is 17.7 Å². The SMILES string of the molecule is CC(NC(=O)CN)C(=O)NC(CCC(=O)O)C(=O)NC(Cc1c[nH]c2ccccc12)C(=O)O. The summed E-state index contributed by atoms with van der Waals surface area (Å²) in [6, 6.07) is 3.58. The minimum Gasteiger partial charge on any atom is -0.481 e. The summed E-state index contributed by atoms with van der Waals surface area (Å²) < 4.78 is 0. The van der Waals surface area contributed by atoms with Crippen LogP contribution in [0.5, 0.6) is 0 Å². The van der Waals surface area contributed by atoms with E-state index in [0.717, 1.165) is 10.9 Å². The molecular formula is C21H27N5O7. The highest BCUT2D eigenvalue weighted by Crippen LogP contribution is 2.19. The Morgan fingerprint density at radius 2 is 1.67 bits per heavy atom. The molecule has 1 heterocycles. The number of aromatic amines is 1. The first-order valence-corrected chi connectivity index (χ1v) is 10.2. The molecule has 0 aliphatic heterocycles. The first-order chi connectivity index (χ1) is 15.6. The van der Waals surface area contributed by atoms with Gasteiger partial charge >= 0.3 is 11.9 Å². The molecule has 1 aromatic heterocycles. The van der Waals surface area contributed by atoms with E-state index in [1.165, 1.54) is 6.92 Å². The normalized spacial score (nSPS) is 13.5. The van der Waals surface area contributed by atoms with E-state index in [1.54, 1.807) is 12.3 Å². The Labute approximate surface area is 188 Å². The van der Waals surface area contributed by atoms with Crippen LogP contribution in [0, 0.1) is 0 Å². The number of carbonyl (C=O) groups is 5. The standard InChI is InChI=1S/C21H27N5O7/c1-11(24-17(27)9-22)19(30)25-15(6-7-18(28)29)20(31)26-16(21(32)33)8-12-10-23-14-5-3-2-4-13(12)14/h2-5,10-11,15-16,23H,6-9,22H2,1H3,(H,24,27)(H,25,30)(H,26,31)(H,28,29)(H,32,33). The van der Waals surface area contributed by atoms with Crippen LogP contribution >= 0.6 is 0 Å². The average molecular weight is 461 g/mol. The van der Waals surface area contributed by atoms with Gasteiger partial charge in [-0.25, -0.2) is 4.79 Å². The van der Waals surface area contributed by atoms with Crippen molar-refractivity contribution in [3.8, 4) is 0 Å². The molecule has 0 spiro atoms. The molecule has 2 aromatic rings. The first-order valence-electron chi connectivity index (χ1n) is 10.2. The lowest BCUT2D eigenvalue weighted by molar-refractivity contribution is -0.143. The van der Waals surface area contributed by atoms with E-state index >= 15 is 0 Å². The summed E-state index contributed by atoms with van der Waals surface area (Å²) in [7, 11) is 0. The molecule has 3 unspecified atom stereocenters. The number of hydrogen-bond donors (Lipinski definition) is 7. The van der Waals surface area contributed by atoms with Gasteiger partial charge in [-0.2, -0.15) is 0 Å². The van der Waals surface area contributed by atoms with Crippen molar-refractivity contribution in [2.24, 2.45) is 5.73 Å². The number of aromatic nitrogens is 1. The van der Waals surface area contributed by atoms with Crippen molar-refractivity contribution in [3.05, 3.63) is 36.0 Å². The molecule has 0 saturated heterocycles. The zero-order chi connectivity index (χ0) is 24.5. The maximum absolute atomic E-state index is 12.8. The van der Waals surface area contributed by atoms with Gasteiger partial charge in [-0.1, -0.05) is 18.2 Å². The van der Waals surface area contributed by atoms with E-state index in [4.69, 9.17) is 10.8 Å². The molecule has 0 radical (unpaired) electrons. The molecular weight excluding hydrogens is 434 g/mol. The highest BCUT2D eigenvalue weighted by Gasteiger charge is 2.29. The van der Waals surface area contributed by atoms with E-state index in [1.807, 2.05) is 18.2 Å². The minimum absolute atomic E-state index is 0.0341. The van der Waals surface area contributed by atoms with Gasteiger partial charge in [-0.3, -0.25) is 19.2 Å². The fourth-order valence-corrected chi connectivity index (χ4v) is 3.19. The number of benzene rings is 1. The van der Waals surface area contributed by atoms with Crippen molar-refractivity contribution in [1.82, 2.24) is 20.9 Å². The number of nitrogens with two attached hydrogens (primary N) is 1. The number of nitrogens with one attached hydrogen (secondary N) is 4. The second-order valence-corrected chi connectivity index (χ2v) is 7.45. The first kappa shape index (κ1) is 25.3. The van der Waals surface area contributed by atoms with Gasteiger partial charge in [-0.15, -0.1) is 0 Å². The number of amides is 3. The van der Waals surface area contributed by atoms with Gasteiger partial charge in [0.05, 0.1) is 6.54 Å². The highest BCUT2D eigenvalue weighted by molar-refractivity contribution is 5.94. The van der Waals surface area contributed by atoms with Crippen molar-refractivity contribution in [2.75, 3.05) is 6.54 Å². The number of rotatable bonds is 12. The van der Waals surface area contributed by atoms with Gasteiger partial charge in [0.1, 0.15) is 18.1 Å². The van der Waals surface area contributed by atoms with E-state index in [9.17, 15) is 29.1 Å². The summed E-state index contributed by atoms with van der Waals surface area (Å²) in [6.07, 6.45) is 0.901. The number of H-pyrrole nitrogens is 1. The number of carboxylic acid groups (broad SMARTS) is 2. The summed E-state index contributed by atoms with van der Waals surface area (Å²) in [5, 5.41) is 26.5. The second-order valence-electron chi connectivity index (χ2n) is 7.45. The highest BCUT2D eigenvalue weighted by atomic mass is 16.4.